The van der Waals surface area contributed by atoms with Crippen molar-refractivity contribution in [3.05, 3.63) is 29.1 Å². The fourth-order valence-electron chi connectivity index (χ4n) is 1.28. The van der Waals surface area contributed by atoms with Gasteiger partial charge in [-0.1, -0.05) is 6.07 Å². The number of aryl methyl sites for hydroxylation is 1. The lowest BCUT2D eigenvalue weighted by molar-refractivity contribution is 1.02. The maximum atomic E-state index is 4.15. The highest BCUT2D eigenvalue weighted by atomic mass is 32.1. The van der Waals surface area contributed by atoms with Crippen molar-refractivity contribution in [3.8, 4) is 10.6 Å². The van der Waals surface area contributed by atoms with E-state index in [-0.39, 0.29) is 0 Å². The molecule has 2 heterocycles. The van der Waals surface area contributed by atoms with Gasteiger partial charge in [0.15, 0.2) is 5.82 Å². The Bertz CT molecular complexity index is 423. The van der Waals surface area contributed by atoms with Gasteiger partial charge in [-0.25, -0.2) is 0 Å². The molecule has 0 bridgehead atoms. The van der Waals surface area contributed by atoms with Gasteiger partial charge in [0.25, 0.3) is 0 Å². The maximum absolute atomic E-state index is 4.15. The molecular formula is C10H11N3S. The largest absolute Gasteiger partial charge is 0.371 e. The molecule has 2 rings (SSSR count). The van der Waals surface area contributed by atoms with E-state index in [9.17, 15) is 0 Å². The number of thiophene rings is 1. The number of hydrogen-bond acceptors (Lipinski definition) is 4. The van der Waals surface area contributed by atoms with Gasteiger partial charge in [-0.15, -0.1) is 21.5 Å². The van der Waals surface area contributed by atoms with Crippen LogP contribution < -0.4 is 5.32 Å². The van der Waals surface area contributed by atoms with Gasteiger partial charge in [-0.3, -0.25) is 0 Å². The van der Waals surface area contributed by atoms with Crippen LogP contribution in [0.3, 0.4) is 0 Å². The third-order valence-electron chi connectivity index (χ3n) is 1.99. The fraction of sp³-hybridized carbons (Fsp3) is 0.200. The molecule has 0 saturated heterocycles. The standard InChI is InChI=1S/C10H11N3S/c1-7-6-8(9-4-3-5-14-9)12-13-10(7)11-2/h3-6H,1-2H3,(H,11,13). The van der Waals surface area contributed by atoms with Gasteiger partial charge in [0, 0.05) is 7.05 Å². The number of anilines is 1. The third kappa shape index (κ3) is 1.61. The Kier molecular flexibility index (Phi) is 2.45. The lowest BCUT2D eigenvalue weighted by atomic mass is 10.2. The first-order chi connectivity index (χ1) is 6.81. The van der Waals surface area contributed by atoms with Crippen LogP contribution in [0.15, 0.2) is 23.6 Å². The Balaban J connectivity index is 2.43. The number of hydrogen-bond donors (Lipinski definition) is 1. The molecule has 0 spiro atoms. The summed E-state index contributed by atoms with van der Waals surface area (Å²) in [6.45, 7) is 2.03. The van der Waals surface area contributed by atoms with Crippen LogP contribution in [0.25, 0.3) is 10.6 Å². The van der Waals surface area contributed by atoms with Gasteiger partial charge in [0.05, 0.1) is 4.88 Å². The molecule has 0 fully saturated rings. The molecule has 0 aliphatic carbocycles. The van der Waals surface area contributed by atoms with Crippen LogP contribution in [0.2, 0.25) is 0 Å². The van der Waals surface area contributed by atoms with Crippen molar-refractivity contribution in [1.82, 2.24) is 10.2 Å². The van der Waals surface area contributed by atoms with E-state index in [1.807, 2.05) is 37.6 Å². The van der Waals surface area contributed by atoms with Gasteiger partial charge in [0.1, 0.15) is 5.69 Å². The average Bonchev–Trinajstić information content (AvgIpc) is 2.70. The van der Waals surface area contributed by atoms with Crippen LogP contribution in [0.4, 0.5) is 5.82 Å². The Morgan fingerprint density at radius 3 is 2.79 bits per heavy atom. The molecule has 4 heteroatoms. The lowest BCUT2D eigenvalue weighted by Crippen LogP contribution is -1.98. The summed E-state index contributed by atoms with van der Waals surface area (Å²) in [5.41, 5.74) is 2.06. The molecular weight excluding hydrogens is 194 g/mol. The second-order valence-electron chi connectivity index (χ2n) is 2.99. The number of nitrogens with one attached hydrogen (secondary N) is 1. The van der Waals surface area contributed by atoms with Gasteiger partial charge in [0.2, 0.25) is 0 Å². The molecule has 14 heavy (non-hydrogen) atoms. The van der Waals surface area contributed by atoms with E-state index in [1.54, 1.807) is 11.3 Å². The molecule has 0 radical (unpaired) electrons. The van der Waals surface area contributed by atoms with Crippen LogP contribution in [0.1, 0.15) is 5.56 Å². The lowest BCUT2D eigenvalue weighted by Gasteiger charge is -2.03. The third-order valence-corrected chi connectivity index (χ3v) is 2.89. The number of rotatable bonds is 2. The molecule has 0 saturated carbocycles. The summed E-state index contributed by atoms with van der Waals surface area (Å²) in [5, 5.41) is 13.3. The van der Waals surface area contributed by atoms with E-state index in [2.05, 4.69) is 15.5 Å². The summed E-state index contributed by atoms with van der Waals surface area (Å²) in [6.07, 6.45) is 0. The van der Waals surface area contributed by atoms with Gasteiger partial charge < -0.3 is 5.32 Å². The zero-order valence-electron chi connectivity index (χ0n) is 8.11. The number of nitrogens with zero attached hydrogens (tertiary/aromatic N) is 2. The van der Waals surface area contributed by atoms with Crippen LogP contribution >= 0.6 is 11.3 Å². The molecule has 2 aromatic rings. The van der Waals surface area contributed by atoms with Gasteiger partial charge >= 0.3 is 0 Å². The topological polar surface area (TPSA) is 37.8 Å². The highest BCUT2D eigenvalue weighted by molar-refractivity contribution is 7.13. The van der Waals surface area contributed by atoms with Crippen molar-refractivity contribution in [1.29, 1.82) is 0 Å². The quantitative estimate of drug-likeness (QED) is 0.818. The molecule has 0 amide bonds. The molecule has 3 nitrogen and oxygen atoms in total. The van der Waals surface area contributed by atoms with Crippen molar-refractivity contribution in [3.63, 3.8) is 0 Å². The highest BCUT2D eigenvalue weighted by Crippen LogP contribution is 2.24. The minimum atomic E-state index is 0.838. The Morgan fingerprint density at radius 1 is 1.36 bits per heavy atom. The first-order valence-corrected chi connectivity index (χ1v) is 5.25. The molecule has 0 atom stereocenters. The van der Waals surface area contributed by atoms with E-state index >= 15 is 0 Å². The van der Waals surface area contributed by atoms with Crippen molar-refractivity contribution in [2.45, 2.75) is 6.92 Å². The fourth-order valence-corrected chi connectivity index (χ4v) is 1.96. The van der Waals surface area contributed by atoms with E-state index in [1.165, 1.54) is 0 Å². The zero-order valence-corrected chi connectivity index (χ0v) is 8.93. The van der Waals surface area contributed by atoms with Crippen LogP contribution in [-0.2, 0) is 0 Å². The Hall–Kier alpha value is -1.42. The van der Waals surface area contributed by atoms with E-state index in [0.717, 1.165) is 22.0 Å². The van der Waals surface area contributed by atoms with Crippen LogP contribution in [-0.4, -0.2) is 17.2 Å². The van der Waals surface area contributed by atoms with Crippen molar-refractivity contribution in [2.75, 3.05) is 12.4 Å². The summed E-state index contributed by atoms with van der Waals surface area (Å²) in [6, 6.07) is 6.11. The first-order valence-electron chi connectivity index (χ1n) is 4.37. The van der Waals surface area contributed by atoms with Crippen LogP contribution in [0.5, 0.6) is 0 Å². The van der Waals surface area contributed by atoms with Gasteiger partial charge in [-0.2, -0.15) is 0 Å². The predicted octanol–water partition coefficient (Wildman–Crippen LogP) is 2.56. The van der Waals surface area contributed by atoms with Gasteiger partial charge in [-0.05, 0) is 30.0 Å². The highest BCUT2D eigenvalue weighted by Gasteiger charge is 2.04. The first kappa shape index (κ1) is 9.15. The maximum Gasteiger partial charge on any atom is 0.151 e. The molecule has 0 aliphatic rings. The summed E-state index contributed by atoms with van der Waals surface area (Å²) < 4.78 is 0. The molecule has 0 unspecified atom stereocenters. The van der Waals surface area contributed by atoms with E-state index < -0.39 is 0 Å². The summed E-state index contributed by atoms with van der Waals surface area (Å²) in [7, 11) is 1.85. The van der Waals surface area contributed by atoms with Crippen LogP contribution in [0, 0.1) is 6.92 Å². The summed E-state index contributed by atoms with van der Waals surface area (Å²) >= 11 is 1.68. The SMILES string of the molecule is CNc1nnc(-c2cccs2)cc1C. The predicted molar refractivity (Wildman–Crippen MR) is 59.6 cm³/mol. The monoisotopic (exact) mass is 205 g/mol. The van der Waals surface area contributed by atoms with Crippen molar-refractivity contribution in [2.24, 2.45) is 0 Å². The molecule has 1 N–H and O–H groups in total. The minimum Gasteiger partial charge on any atom is -0.371 e. The molecule has 0 aliphatic heterocycles. The number of aromatic nitrogens is 2. The normalized spacial score (nSPS) is 10.1. The molecule has 72 valence electrons. The second-order valence-corrected chi connectivity index (χ2v) is 3.94. The van der Waals surface area contributed by atoms with Crippen molar-refractivity contribution >= 4 is 17.2 Å². The zero-order chi connectivity index (χ0) is 9.97. The van der Waals surface area contributed by atoms with E-state index in [0.29, 0.717) is 0 Å². The molecule has 0 aromatic carbocycles. The summed E-state index contributed by atoms with van der Waals surface area (Å²) in [5.74, 6) is 0.838. The van der Waals surface area contributed by atoms with E-state index in [4.69, 9.17) is 0 Å². The average molecular weight is 205 g/mol. The van der Waals surface area contributed by atoms with Crippen molar-refractivity contribution < 1.29 is 0 Å². The Labute approximate surface area is 86.8 Å². The second kappa shape index (κ2) is 3.75. The summed E-state index contributed by atoms with van der Waals surface area (Å²) in [4.78, 5) is 1.16. The smallest absolute Gasteiger partial charge is 0.151 e. The molecule has 2 aromatic heterocycles. The Morgan fingerprint density at radius 2 is 2.21 bits per heavy atom. The minimum absolute atomic E-state index is 0.838.